The van der Waals surface area contributed by atoms with Gasteiger partial charge in [-0.25, -0.2) is 0 Å². The molecule has 0 bridgehead atoms. The fraction of sp³-hybridized carbons (Fsp3) is 0.886. The lowest BCUT2D eigenvalue weighted by Crippen LogP contribution is -2.28. The SMILES string of the molecule is CCCCCCCCC/C=C\CCCCCCCCCC(=O)OC(CO)COC(=O)CCCCCCCCCC. The van der Waals surface area contributed by atoms with E-state index in [1.165, 1.54) is 116 Å². The van der Waals surface area contributed by atoms with E-state index in [1.54, 1.807) is 0 Å². The van der Waals surface area contributed by atoms with Gasteiger partial charge in [-0.2, -0.15) is 0 Å². The molecule has 1 unspecified atom stereocenters. The molecule has 0 saturated heterocycles. The van der Waals surface area contributed by atoms with E-state index in [4.69, 9.17) is 9.47 Å². The van der Waals surface area contributed by atoms with Crippen LogP contribution < -0.4 is 0 Å². The van der Waals surface area contributed by atoms with Gasteiger partial charge in [0.1, 0.15) is 6.61 Å². The largest absolute Gasteiger partial charge is 0.462 e. The summed E-state index contributed by atoms with van der Waals surface area (Å²) < 4.78 is 10.5. The number of hydrogen-bond acceptors (Lipinski definition) is 5. The maximum atomic E-state index is 12.1. The lowest BCUT2D eigenvalue weighted by molar-refractivity contribution is -0.161. The van der Waals surface area contributed by atoms with Gasteiger partial charge in [-0.15, -0.1) is 0 Å². The number of unbranched alkanes of at least 4 members (excludes halogenated alkanes) is 21. The second kappa shape index (κ2) is 32.2. The Morgan fingerprint density at radius 2 is 0.925 bits per heavy atom. The van der Waals surface area contributed by atoms with Crippen LogP contribution in [0.1, 0.15) is 181 Å². The number of hydrogen-bond donors (Lipinski definition) is 1. The molecule has 0 aliphatic heterocycles. The lowest BCUT2D eigenvalue weighted by atomic mass is 10.1. The Labute approximate surface area is 248 Å². The van der Waals surface area contributed by atoms with Gasteiger partial charge >= 0.3 is 11.9 Å². The summed E-state index contributed by atoms with van der Waals surface area (Å²) >= 11 is 0. The van der Waals surface area contributed by atoms with E-state index >= 15 is 0 Å². The molecule has 0 aromatic rings. The molecule has 5 nitrogen and oxygen atoms in total. The number of aliphatic hydroxyl groups excluding tert-OH is 1. The van der Waals surface area contributed by atoms with E-state index in [0.717, 1.165) is 38.5 Å². The molecule has 40 heavy (non-hydrogen) atoms. The maximum absolute atomic E-state index is 12.1. The molecule has 1 N–H and O–H groups in total. The second-order valence-corrected chi connectivity index (χ2v) is 11.6. The summed E-state index contributed by atoms with van der Waals surface area (Å²) in [5.74, 6) is -0.596. The number of aliphatic hydroxyl groups is 1. The Morgan fingerprint density at radius 3 is 1.35 bits per heavy atom. The molecule has 0 aliphatic rings. The highest BCUT2D eigenvalue weighted by molar-refractivity contribution is 5.70. The molecule has 5 heteroatoms. The number of carbonyl (C=O) groups excluding carboxylic acids is 2. The van der Waals surface area contributed by atoms with Crippen molar-refractivity contribution >= 4 is 11.9 Å². The van der Waals surface area contributed by atoms with Crippen molar-refractivity contribution in [3.63, 3.8) is 0 Å². The van der Waals surface area contributed by atoms with E-state index in [9.17, 15) is 14.7 Å². The van der Waals surface area contributed by atoms with Crippen molar-refractivity contribution in [2.75, 3.05) is 13.2 Å². The molecule has 236 valence electrons. The Hall–Kier alpha value is -1.36. The van der Waals surface area contributed by atoms with Crippen molar-refractivity contribution in [3.05, 3.63) is 12.2 Å². The molecule has 0 saturated carbocycles. The van der Waals surface area contributed by atoms with Crippen LogP contribution in [0.25, 0.3) is 0 Å². The molecule has 0 amide bonds. The molecule has 0 rings (SSSR count). The van der Waals surface area contributed by atoms with Crippen molar-refractivity contribution in [2.24, 2.45) is 0 Å². The van der Waals surface area contributed by atoms with Gasteiger partial charge in [0, 0.05) is 12.8 Å². The molecule has 0 heterocycles. The third-order valence-corrected chi connectivity index (χ3v) is 7.56. The van der Waals surface area contributed by atoms with Crippen molar-refractivity contribution < 1.29 is 24.2 Å². The van der Waals surface area contributed by atoms with E-state index in [1.807, 2.05) is 0 Å². The normalized spacial score (nSPS) is 12.2. The highest BCUT2D eigenvalue weighted by Gasteiger charge is 2.16. The first kappa shape index (κ1) is 38.6. The monoisotopic (exact) mass is 566 g/mol. The van der Waals surface area contributed by atoms with Crippen molar-refractivity contribution in [1.82, 2.24) is 0 Å². The molecule has 0 radical (unpaired) electrons. The van der Waals surface area contributed by atoms with Crippen LogP contribution in [0.2, 0.25) is 0 Å². The molecule has 0 fully saturated rings. The van der Waals surface area contributed by atoms with Crippen LogP contribution in [0.4, 0.5) is 0 Å². The summed E-state index contributed by atoms with van der Waals surface area (Å²) in [4.78, 5) is 24.0. The van der Waals surface area contributed by atoms with Gasteiger partial charge < -0.3 is 14.6 Å². The zero-order chi connectivity index (χ0) is 29.4. The first-order chi connectivity index (χ1) is 19.6. The molecule has 1 atom stereocenters. The number of carbonyl (C=O) groups is 2. The lowest BCUT2D eigenvalue weighted by Gasteiger charge is -2.15. The Balaban J connectivity index is 3.53. The zero-order valence-corrected chi connectivity index (χ0v) is 26.6. The number of ether oxygens (including phenoxy) is 2. The van der Waals surface area contributed by atoms with Gasteiger partial charge in [0.2, 0.25) is 0 Å². The molecule has 0 spiro atoms. The predicted molar refractivity (Wildman–Crippen MR) is 168 cm³/mol. The van der Waals surface area contributed by atoms with Crippen LogP contribution in [-0.4, -0.2) is 36.4 Å². The first-order valence-electron chi connectivity index (χ1n) is 17.2. The summed E-state index contributed by atoms with van der Waals surface area (Å²) in [6.45, 7) is 4.10. The Morgan fingerprint density at radius 1 is 0.550 bits per heavy atom. The predicted octanol–water partition coefficient (Wildman–Crippen LogP) is 10.2. The third-order valence-electron chi connectivity index (χ3n) is 7.56. The van der Waals surface area contributed by atoms with Crippen LogP contribution in [0.15, 0.2) is 12.2 Å². The minimum Gasteiger partial charge on any atom is -0.462 e. The first-order valence-corrected chi connectivity index (χ1v) is 17.2. The van der Waals surface area contributed by atoms with Gasteiger partial charge in [0.15, 0.2) is 6.10 Å². The minimum absolute atomic E-state index is 0.0631. The van der Waals surface area contributed by atoms with E-state index in [2.05, 4.69) is 26.0 Å². The summed E-state index contributed by atoms with van der Waals surface area (Å²) in [5, 5.41) is 9.48. The average Bonchev–Trinajstić information content (AvgIpc) is 2.96. The second-order valence-electron chi connectivity index (χ2n) is 11.6. The minimum atomic E-state index is -0.764. The van der Waals surface area contributed by atoms with Crippen LogP contribution in [0, 0.1) is 0 Å². The maximum Gasteiger partial charge on any atom is 0.306 e. The third kappa shape index (κ3) is 29.6. The smallest absolute Gasteiger partial charge is 0.306 e. The van der Waals surface area contributed by atoms with Gasteiger partial charge in [0.25, 0.3) is 0 Å². The quantitative estimate of drug-likeness (QED) is 0.0513. The number of allylic oxidation sites excluding steroid dienone is 2. The van der Waals surface area contributed by atoms with Crippen LogP contribution in [0.3, 0.4) is 0 Å². The Bertz CT molecular complexity index is 574. The Kier molecular flexibility index (Phi) is 31.1. The molecular formula is C35H66O5. The summed E-state index contributed by atoms with van der Waals surface area (Å²) in [5.41, 5.74) is 0. The van der Waals surface area contributed by atoms with Crippen molar-refractivity contribution in [3.8, 4) is 0 Å². The molecule has 0 aromatic heterocycles. The van der Waals surface area contributed by atoms with Gasteiger partial charge in [-0.05, 0) is 38.5 Å². The topological polar surface area (TPSA) is 72.8 Å². The summed E-state index contributed by atoms with van der Waals surface area (Å²) in [6, 6.07) is 0. The van der Waals surface area contributed by atoms with Crippen LogP contribution in [0.5, 0.6) is 0 Å². The van der Waals surface area contributed by atoms with Gasteiger partial charge in [-0.3, -0.25) is 9.59 Å². The van der Waals surface area contributed by atoms with E-state index < -0.39 is 6.10 Å². The highest BCUT2D eigenvalue weighted by Crippen LogP contribution is 2.13. The van der Waals surface area contributed by atoms with E-state index in [-0.39, 0.29) is 25.2 Å². The standard InChI is InChI=1S/C35H66O5/c1-3-5-7-9-11-13-14-15-16-17-18-19-20-21-22-24-26-28-30-35(38)40-33(31-36)32-39-34(37)29-27-25-23-12-10-8-6-4-2/h16-17,33,36H,3-15,18-32H2,1-2H3/b17-16-. The summed E-state index contributed by atoms with van der Waals surface area (Å²) in [7, 11) is 0. The molecule has 0 aromatic carbocycles. The van der Waals surface area contributed by atoms with Gasteiger partial charge in [-0.1, -0.05) is 142 Å². The average molecular weight is 567 g/mol. The van der Waals surface area contributed by atoms with Crippen molar-refractivity contribution in [1.29, 1.82) is 0 Å². The molecular weight excluding hydrogens is 500 g/mol. The molecule has 0 aliphatic carbocycles. The number of rotatable bonds is 31. The number of esters is 2. The zero-order valence-electron chi connectivity index (χ0n) is 26.6. The highest BCUT2D eigenvalue weighted by atomic mass is 16.6. The van der Waals surface area contributed by atoms with E-state index in [0.29, 0.717) is 12.8 Å². The fourth-order valence-electron chi connectivity index (χ4n) is 4.90. The fourth-order valence-corrected chi connectivity index (χ4v) is 4.90. The van der Waals surface area contributed by atoms with Gasteiger partial charge in [0.05, 0.1) is 6.61 Å². The summed E-state index contributed by atoms with van der Waals surface area (Å²) in [6.07, 6.45) is 34.2. The van der Waals surface area contributed by atoms with Crippen molar-refractivity contribution in [2.45, 2.75) is 187 Å². The van der Waals surface area contributed by atoms with Crippen LogP contribution >= 0.6 is 0 Å². The van der Waals surface area contributed by atoms with Crippen LogP contribution in [-0.2, 0) is 19.1 Å².